The van der Waals surface area contributed by atoms with Gasteiger partial charge >= 0.3 is 0 Å². The van der Waals surface area contributed by atoms with Gasteiger partial charge < -0.3 is 9.42 Å². The minimum Gasteiger partial charge on any atom is -0.339 e. The number of hydrogen-bond acceptors (Lipinski definition) is 4. The van der Waals surface area contributed by atoms with Crippen LogP contribution in [0, 0.1) is 0 Å². The lowest BCUT2D eigenvalue weighted by Gasteiger charge is -2.31. The molecule has 1 fully saturated rings. The van der Waals surface area contributed by atoms with Crippen molar-refractivity contribution in [2.24, 2.45) is 0 Å². The Morgan fingerprint density at radius 3 is 2.81 bits per heavy atom. The fourth-order valence-electron chi connectivity index (χ4n) is 3.27. The summed E-state index contributed by atoms with van der Waals surface area (Å²) in [6, 6.07) is 16.8. The third-order valence-corrected chi connectivity index (χ3v) is 4.84. The van der Waals surface area contributed by atoms with Crippen molar-refractivity contribution in [3.05, 3.63) is 71.1 Å². The lowest BCUT2D eigenvalue weighted by atomic mass is 9.97. The first-order valence-corrected chi connectivity index (χ1v) is 9.02. The molecule has 0 spiro atoms. The van der Waals surface area contributed by atoms with E-state index in [-0.39, 0.29) is 11.8 Å². The molecule has 0 saturated carbocycles. The van der Waals surface area contributed by atoms with Crippen LogP contribution in [0.2, 0.25) is 5.02 Å². The van der Waals surface area contributed by atoms with Gasteiger partial charge in [0.15, 0.2) is 0 Å². The van der Waals surface area contributed by atoms with Crippen LogP contribution in [0.15, 0.2) is 59.1 Å². The van der Waals surface area contributed by atoms with Gasteiger partial charge in [0.2, 0.25) is 11.7 Å². The van der Waals surface area contributed by atoms with E-state index in [2.05, 4.69) is 10.1 Å². The van der Waals surface area contributed by atoms with Gasteiger partial charge in [-0.1, -0.05) is 53.2 Å². The predicted octanol–water partition coefficient (Wildman–Crippen LogP) is 4.41. The van der Waals surface area contributed by atoms with Crippen molar-refractivity contribution in [2.75, 3.05) is 13.1 Å². The van der Waals surface area contributed by atoms with Gasteiger partial charge in [-0.2, -0.15) is 4.98 Å². The quantitative estimate of drug-likeness (QED) is 0.688. The number of rotatable bonds is 3. The zero-order chi connectivity index (χ0) is 17.9. The van der Waals surface area contributed by atoms with Gasteiger partial charge in [-0.05, 0) is 31.0 Å². The Balaban J connectivity index is 1.50. The highest BCUT2D eigenvalue weighted by atomic mass is 35.5. The molecule has 4 rings (SSSR count). The first-order chi connectivity index (χ1) is 12.7. The summed E-state index contributed by atoms with van der Waals surface area (Å²) in [6.45, 7) is 1.29. The Bertz CT molecular complexity index is 910. The van der Waals surface area contributed by atoms with Crippen LogP contribution in [-0.4, -0.2) is 34.0 Å². The van der Waals surface area contributed by atoms with Gasteiger partial charge in [0.25, 0.3) is 5.91 Å². The van der Waals surface area contributed by atoms with E-state index in [1.807, 2.05) is 35.2 Å². The third kappa shape index (κ3) is 3.48. The molecule has 2 aromatic carbocycles. The SMILES string of the molecule is O=C(c1cccc(Cl)c1)N1CCC[C@H](c2nc(-c3ccccc3)no2)C1. The first-order valence-electron chi connectivity index (χ1n) is 8.64. The minimum absolute atomic E-state index is 0.0139. The van der Waals surface area contributed by atoms with Crippen molar-refractivity contribution in [3.8, 4) is 11.4 Å². The molecule has 0 radical (unpaired) electrons. The van der Waals surface area contributed by atoms with E-state index in [4.69, 9.17) is 16.1 Å². The summed E-state index contributed by atoms with van der Waals surface area (Å²) in [5, 5.41) is 4.66. The minimum atomic E-state index is -0.0139. The third-order valence-electron chi connectivity index (χ3n) is 4.60. The van der Waals surface area contributed by atoms with Crippen LogP contribution < -0.4 is 0 Å². The number of likely N-dealkylation sites (tertiary alicyclic amines) is 1. The summed E-state index contributed by atoms with van der Waals surface area (Å²) in [7, 11) is 0. The lowest BCUT2D eigenvalue weighted by Crippen LogP contribution is -2.39. The highest BCUT2D eigenvalue weighted by molar-refractivity contribution is 6.30. The van der Waals surface area contributed by atoms with E-state index in [1.165, 1.54) is 0 Å². The zero-order valence-corrected chi connectivity index (χ0v) is 14.9. The molecule has 26 heavy (non-hydrogen) atoms. The van der Waals surface area contributed by atoms with Crippen molar-refractivity contribution >= 4 is 17.5 Å². The van der Waals surface area contributed by atoms with E-state index >= 15 is 0 Å². The molecule has 2 heterocycles. The van der Waals surface area contributed by atoms with Crippen molar-refractivity contribution in [3.63, 3.8) is 0 Å². The Hall–Kier alpha value is -2.66. The summed E-state index contributed by atoms with van der Waals surface area (Å²) in [4.78, 5) is 19.1. The average molecular weight is 368 g/mol. The second-order valence-corrected chi connectivity index (χ2v) is 6.86. The number of benzene rings is 2. The van der Waals surface area contributed by atoms with E-state index in [0.29, 0.717) is 28.8 Å². The van der Waals surface area contributed by atoms with Crippen molar-refractivity contribution in [2.45, 2.75) is 18.8 Å². The average Bonchev–Trinajstić information content (AvgIpc) is 3.18. The Kier molecular flexibility index (Phi) is 4.71. The monoisotopic (exact) mass is 367 g/mol. The molecule has 1 atom stereocenters. The maximum Gasteiger partial charge on any atom is 0.253 e. The molecule has 0 bridgehead atoms. The predicted molar refractivity (Wildman–Crippen MR) is 99.1 cm³/mol. The molecule has 0 aliphatic carbocycles. The summed E-state index contributed by atoms with van der Waals surface area (Å²) in [5.74, 6) is 1.21. The number of halogens is 1. The number of carbonyl (C=O) groups is 1. The number of amides is 1. The zero-order valence-electron chi connectivity index (χ0n) is 14.1. The van der Waals surface area contributed by atoms with Crippen LogP contribution >= 0.6 is 11.6 Å². The number of nitrogens with zero attached hydrogens (tertiary/aromatic N) is 3. The van der Waals surface area contributed by atoms with Crippen LogP contribution in [0.5, 0.6) is 0 Å². The van der Waals surface area contributed by atoms with E-state index in [1.54, 1.807) is 24.3 Å². The fraction of sp³-hybridized carbons (Fsp3) is 0.250. The Morgan fingerprint density at radius 1 is 1.15 bits per heavy atom. The maximum atomic E-state index is 12.8. The second kappa shape index (κ2) is 7.30. The van der Waals surface area contributed by atoms with Crippen molar-refractivity contribution < 1.29 is 9.32 Å². The summed E-state index contributed by atoms with van der Waals surface area (Å²) in [5.41, 5.74) is 1.53. The molecule has 1 amide bonds. The molecule has 1 aromatic heterocycles. The van der Waals surface area contributed by atoms with Crippen molar-refractivity contribution in [1.82, 2.24) is 15.0 Å². The van der Waals surface area contributed by atoms with E-state index in [9.17, 15) is 4.79 Å². The highest BCUT2D eigenvalue weighted by Gasteiger charge is 2.29. The van der Waals surface area contributed by atoms with Gasteiger partial charge in [0.05, 0.1) is 5.92 Å². The van der Waals surface area contributed by atoms with Gasteiger partial charge in [-0.25, -0.2) is 0 Å². The smallest absolute Gasteiger partial charge is 0.253 e. The van der Waals surface area contributed by atoms with Crippen LogP contribution in [0.1, 0.15) is 35.0 Å². The number of hydrogen-bond donors (Lipinski definition) is 0. The fourth-order valence-corrected chi connectivity index (χ4v) is 3.46. The molecule has 6 heteroatoms. The first kappa shape index (κ1) is 16.8. The topological polar surface area (TPSA) is 59.2 Å². The van der Waals surface area contributed by atoms with Crippen LogP contribution in [-0.2, 0) is 0 Å². The van der Waals surface area contributed by atoms with Crippen LogP contribution in [0.4, 0.5) is 0 Å². The van der Waals surface area contributed by atoms with Gasteiger partial charge in [-0.15, -0.1) is 0 Å². The van der Waals surface area contributed by atoms with Crippen LogP contribution in [0.25, 0.3) is 11.4 Å². The molecule has 3 aromatic rings. The Morgan fingerprint density at radius 2 is 2.00 bits per heavy atom. The molecule has 132 valence electrons. The molecular weight excluding hydrogens is 350 g/mol. The van der Waals surface area contributed by atoms with Gasteiger partial charge in [-0.3, -0.25) is 4.79 Å². The molecule has 1 saturated heterocycles. The number of carbonyl (C=O) groups excluding carboxylic acids is 1. The second-order valence-electron chi connectivity index (χ2n) is 6.42. The molecule has 0 unspecified atom stereocenters. The lowest BCUT2D eigenvalue weighted by molar-refractivity contribution is 0.0695. The standard InChI is InChI=1S/C20H18ClN3O2/c21-17-10-4-8-15(12-17)20(25)24-11-5-9-16(13-24)19-22-18(23-26-19)14-6-2-1-3-7-14/h1-4,6-8,10,12,16H,5,9,11,13H2/t16-/m0/s1. The molecular formula is C20H18ClN3O2. The summed E-state index contributed by atoms with van der Waals surface area (Å²) >= 11 is 6.01. The molecule has 1 aliphatic heterocycles. The van der Waals surface area contributed by atoms with Crippen LogP contribution in [0.3, 0.4) is 0 Å². The molecule has 5 nitrogen and oxygen atoms in total. The van der Waals surface area contributed by atoms with Gasteiger partial charge in [0, 0.05) is 29.2 Å². The summed E-state index contributed by atoms with van der Waals surface area (Å²) < 4.78 is 5.49. The van der Waals surface area contributed by atoms with Gasteiger partial charge in [0.1, 0.15) is 0 Å². The summed E-state index contributed by atoms with van der Waals surface area (Å²) in [6.07, 6.45) is 1.83. The van der Waals surface area contributed by atoms with E-state index < -0.39 is 0 Å². The number of aromatic nitrogens is 2. The normalized spacial score (nSPS) is 17.3. The largest absolute Gasteiger partial charge is 0.339 e. The molecule has 0 N–H and O–H groups in total. The van der Waals surface area contributed by atoms with Crippen molar-refractivity contribution in [1.29, 1.82) is 0 Å². The molecule has 1 aliphatic rings. The number of piperidine rings is 1. The van der Waals surface area contributed by atoms with E-state index in [0.717, 1.165) is 24.9 Å². The maximum absolute atomic E-state index is 12.8. The highest BCUT2D eigenvalue weighted by Crippen LogP contribution is 2.28. The Labute approximate surface area is 156 Å².